The van der Waals surface area contributed by atoms with Gasteiger partial charge in [0.15, 0.2) is 0 Å². The lowest BCUT2D eigenvalue weighted by Crippen LogP contribution is -2.35. The van der Waals surface area contributed by atoms with Crippen LogP contribution in [0, 0.1) is 0 Å². The normalized spacial score (nSPS) is 14.9. The lowest BCUT2D eigenvalue weighted by atomic mass is 10.3. The molecule has 0 N–H and O–H groups in total. The summed E-state index contributed by atoms with van der Waals surface area (Å²) in [4.78, 5) is 27.0. The van der Waals surface area contributed by atoms with Crippen LogP contribution < -0.4 is 5.69 Å². The minimum atomic E-state index is -0.104. The number of thiophene rings is 1. The fraction of sp³-hybridized carbons (Fsp3) is 0.462. The zero-order chi connectivity index (χ0) is 14.1. The first kappa shape index (κ1) is 13.1. The molecule has 0 radical (unpaired) electrons. The number of nitrogens with zero attached hydrogens (tertiary/aromatic N) is 4. The molecule has 20 heavy (non-hydrogen) atoms. The van der Waals surface area contributed by atoms with Gasteiger partial charge < -0.3 is 4.90 Å². The van der Waals surface area contributed by atoms with Crippen LogP contribution in [-0.2, 0) is 31.2 Å². The Hall–Kier alpha value is -1.89. The van der Waals surface area contributed by atoms with Crippen molar-refractivity contribution in [3.05, 3.63) is 38.7 Å². The van der Waals surface area contributed by atoms with E-state index < -0.39 is 0 Å². The summed E-state index contributed by atoms with van der Waals surface area (Å²) in [7, 11) is 1.66. The highest BCUT2D eigenvalue weighted by molar-refractivity contribution is 7.10. The second-order valence-corrected chi connectivity index (χ2v) is 5.89. The van der Waals surface area contributed by atoms with E-state index in [0.717, 1.165) is 10.7 Å². The Balaban J connectivity index is 1.70. The molecule has 1 aliphatic heterocycles. The number of carbonyl (C=O) groups is 1. The molecule has 0 bridgehead atoms. The van der Waals surface area contributed by atoms with Crippen LogP contribution >= 0.6 is 11.3 Å². The molecular weight excluding hydrogens is 276 g/mol. The first-order valence-electron chi connectivity index (χ1n) is 6.58. The molecule has 2 aromatic rings. The van der Waals surface area contributed by atoms with E-state index in [2.05, 4.69) is 5.10 Å². The molecule has 0 aliphatic carbocycles. The van der Waals surface area contributed by atoms with Gasteiger partial charge in [0.1, 0.15) is 5.82 Å². The van der Waals surface area contributed by atoms with Crippen molar-refractivity contribution in [3.63, 3.8) is 0 Å². The van der Waals surface area contributed by atoms with E-state index in [9.17, 15) is 9.59 Å². The summed E-state index contributed by atoms with van der Waals surface area (Å²) in [6, 6.07) is 3.93. The summed E-state index contributed by atoms with van der Waals surface area (Å²) in [5.74, 6) is 0.888. The van der Waals surface area contributed by atoms with Crippen molar-refractivity contribution >= 4 is 17.2 Å². The SMILES string of the molecule is Cn1nc2n(c1=O)CCN(C(=O)Cc1cccs1)CC2. The molecule has 0 atom stereocenters. The number of rotatable bonds is 2. The molecule has 106 valence electrons. The minimum absolute atomic E-state index is 0.104. The van der Waals surface area contributed by atoms with Crippen molar-refractivity contribution in [3.8, 4) is 0 Å². The molecule has 0 saturated heterocycles. The van der Waals surface area contributed by atoms with Crippen molar-refractivity contribution < 1.29 is 4.79 Å². The molecule has 3 heterocycles. The van der Waals surface area contributed by atoms with E-state index in [0.29, 0.717) is 32.5 Å². The fourth-order valence-electron chi connectivity index (χ4n) is 2.46. The minimum Gasteiger partial charge on any atom is -0.340 e. The van der Waals surface area contributed by atoms with Gasteiger partial charge in [-0.1, -0.05) is 6.07 Å². The lowest BCUT2D eigenvalue weighted by Gasteiger charge is -2.19. The Labute approximate surface area is 120 Å². The summed E-state index contributed by atoms with van der Waals surface area (Å²) < 4.78 is 3.02. The topological polar surface area (TPSA) is 60.1 Å². The lowest BCUT2D eigenvalue weighted by molar-refractivity contribution is -0.130. The molecule has 6 nitrogen and oxygen atoms in total. The fourth-order valence-corrected chi connectivity index (χ4v) is 3.15. The summed E-state index contributed by atoms with van der Waals surface area (Å²) in [5, 5.41) is 6.19. The van der Waals surface area contributed by atoms with Gasteiger partial charge in [-0.3, -0.25) is 9.36 Å². The first-order valence-corrected chi connectivity index (χ1v) is 7.46. The van der Waals surface area contributed by atoms with Crippen LogP contribution in [0.4, 0.5) is 0 Å². The number of hydrogen-bond acceptors (Lipinski definition) is 4. The quantitative estimate of drug-likeness (QED) is 0.798. The van der Waals surface area contributed by atoms with E-state index >= 15 is 0 Å². The van der Waals surface area contributed by atoms with Crippen molar-refractivity contribution in [2.45, 2.75) is 19.4 Å². The number of aryl methyl sites for hydroxylation is 1. The van der Waals surface area contributed by atoms with Crippen LogP contribution in [0.15, 0.2) is 22.3 Å². The summed E-state index contributed by atoms with van der Waals surface area (Å²) in [6.07, 6.45) is 1.07. The van der Waals surface area contributed by atoms with Gasteiger partial charge >= 0.3 is 5.69 Å². The van der Waals surface area contributed by atoms with Gasteiger partial charge in [0.25, 0.3) is 0 Å². The molecule has 1 aliphatic rings. The van der Waals surface area contributed by atoms with Crippen LogP contribution in [0.5, 0.6) is 0 Å². The van der Waals surface area contributed by atoms with Gasteiger partial charge in [0.05, 0.1) is 6.42 Å². The Morgan fingerprint density at radius 2 is 2.25 bits per heavy atom. The van der Waals surface area contributed by atoms with Gasteiger partial charge in [-0.15, -0.1) is 11.3 Å². The van der Waals surface area contributed by atoms with E-state index in [4.69, 9.17) is 0 Å². The third kappa shape index (κ3) is 2.40. The molecule has 2 aromatic heterocycles. The molecule has 0 unspecified atom stereocenters. The van der Waals surface area contributed by atoms with Gasteiger partial charge in [-0.2, -0.15) is 5.10 Å². The van der Waals surface area contributed by atoms with Crippen LogP contribution in [0.3, 0.4) is 0 Å². The van der Waals surface area contributed by atoms with Gasteiger partial charge in [-0.25, -0.2) is 9.48 Å². The zero-order valence-corrected chi connectivity index (χ0v) is 12.1. The third-order valence-corrected chi connectivity index (χ3v) is 4.42. The van der Waals surface area contributed by atoms with E-state index in [-0.39, 0.29) is 11.6 Å². The van der Waals surface area contributed by atoms with Gasteiger partial charge in [0, 0.05) is 38.0 Å². The number of hydrogen-bond donors (Lipinski definition) is 0. The van der Waals surface area contributed by atoms with Crippen molar-refractivity contribution in [1.82, 2.24) is 19.2 Å². The third-order valence-electron chi connectivity index (χ3n) is 3.54. The second-order valence-electron chi connectivity index (χ2n) is 4.86. The number of amides is 1. The molecule has 0 aromatic carbocycles. The Kier molecular flexibility index (Phi) is 3.43. The smallest absolute Gasteiger partial charge is 0.340 e. The van der Waals surface area contributed by atoms with Gasteiger partial charge in [0.2, 0.25) is 5.91 Å². The molecule has 0 saturated carbocycles. The molecule has 1 amide bonds. The molecule has 0 spiro atoms. The average molecular weight is 292 g/mol. The maximum atomic E-state index is 12.3. The highest BCUT2D eigenvalue weighted by Gasteiger charge is 2.21. The first-order chi connectivity index (χ1) is 9.65. The van der Waals surface area contributed by atoms with Crippen LogP contribution in [-0.4, -0.2) is 38.2 Å². The highest BCUT2D eigenvalue weighted by Crippen LogP contribution is 2.12. The molecular formula is C13H16N4O2S. The average Bonchev–Trinajstić information content (AvgIpc) is 2.95. The van der Waals surface area contributed by atoms with Gasteiger partial charge in [-0.05, 0) is 11.4 Å². The monoisotopic (exact) mass is 292 g/mol. The second kappa shape index (κ2) is 5.24. The predicted molar refractivity (Wildman–Crippen MR) is 75.8 cm³/mol. The van der Waals surface area contributed by atoms with E-state index in [1.54, 1.807) is 23.0 Å². The number of aromatic nitrogens is 3. The maximum absolute atomic E-state index is 12.3. The number of carbonyl (C=O) groups excluding carboxylic acids is 1. The molecule has 7 heteroatoms. The van der Waals surface area contributed by atoms with E-state index in [1.165, 1.54) is 4.68 Å². The maximum Gasteiger partial charge on any atom is 0.345 e. The van der Waals surface area contributed by atoms with Crippen LogP contribution in [0.2, 0.25) is 0 Å². The van der Waals surface area contributed by atoms with Crippen molar-refractivity contribution in [2.75, 3.05) is 13.1 Å². The van der Waals surface area contributed by atoms with E-state index in [1.807, 2.05) is 22.4 Å². The Morgan fingerprint density at radius 3 is 3.00 bits per heavy atom. The summed E-state index contributed by atoms with van der Waals surface area (Å²) in [5.41, 5.74) is -0.104. The van der Waals surface area contributed by atoms with Crippen LogP contribution in [0.1, 0.15) is 10.7 Å². The van der Waals surface area contributed by atoms with Crippen molar-refractivity contribution in [1.29, 1.82) is 0 Å². The van der Waals surface area contributed by atoms with Crippen molar-refractivity contribution in [2.24, 2.45) is 7.05 Å². The molecule has 3 rings (SSSR count). The summed E-state index contributed by atoms with van der Waals surface area (Å²) in [6.45, 7) is 1.72. The van der Waals surface area contributed by atoms with Crippen LogP contribution in [0.25, 0.3) is 0 Å². The zero-order valence-electron chi connectivity index (χ0n) is 11.3. The summed E-state index contributed by atoms with van der Waals surface area (Å²) >= 11 is 1.60. The molecule has 0 fully saturated rings. The number of fused-ring (bicyclic) bond motifs is 1. The largest absolute Gasteiger partial charge is 0.345 e. The Bertz CT molecular complexity index is 671. The highest BCUT2D eigenvalue weighted by atomic mass is 32.1. The Morgan fingerprint density at radius 1 is 1.40 bits per heavy atom. The standard InChI is InChI=1S/C13H16N4O2S/c1-15-13(19)17-7-6-16(5-4-11(17)14-15)12(18)9-10-3-2-8-20-10/h2-3,8H,4-7,9H2,1H3. The predicted octanol–water partition coefficient (Wildman–Crippen LogP) is 0.271.